The van der Waals surface area contributed by atoms with Crippen LogP contribution in [0.1, 0.15) is 15.5 Å². The van der Waals surface area contributed by atoms with Gasteiger partial charge in [-0.2, -0.15) is 5.10 Å². The van der Waals surface area contributed by atoms with E-state index in [-0.39, 0.29) is 17.1 Å². The standard InChI is InChI=1S/C9H10N4O4S2/c14-9(15)7-5-18-8(13-7)1-2-12-19(16,17)6-3-10-11-4-6/h3-5,12H,1-2H2,(H,10,11)(H,14,15). The van der Waals surface area contributed by atoms with Crippen LogP contribution in [-0.2, 0) is 16.4 Å². The monoisotopic (exact) mass is 302 g/mol. The zero-order chi connectivity index (χ0) is 13.9. The van der Waals surface area contributed by atoms with Crippen molar-refractivity contribution in [2.24, 2.45) is 0 Å². The van der Waals surface area contributed by atoms with E-state index in [4.69, 9.17) is 5.11 Å². The number of nitrogens with zero attached hydrogens (tertiary/aromatic N) is 2. The normalized spacial score (nSPS) is 11.6. The number of hydrogen-bond donors (Lipinski definition) is 3. The Labute approximate surface area is 112 Å². The summed E-state index contributed by atoms with van der Waals surface area (Å²) in [5.41, 5.74) is -0.0299. The van der Waals surface area contributed by atoms with Crippen LogP contribution in [0, 0.1) is 0 Å². The van der Waals surface area contributed by atoms with Crippen LogP contribution in [0.4, 0.5) is 0 Å². The predicted molar refractivity (Wildman–Crippen MR) is 66.6 cm³/mol. The molecular weight excluding hydrogens is 292 g/mol. The molecule has 0 saturated carbocycles. The Morgan fingerprint density at radius 1 is 1.53 bits per heavy atom. The number of sulfonamides is 1. The van der Waals surface area contributed by atoms with Crippen LogP contribution in [-0.4, -0.2) is 41.2 Å². The molecule has 102 valence electrons. The van der Waals surface area contributed by atoms with Crippen LogP contribution < -0.4 is 4.72 Å². The molecule has 19 heavy (non-hydrogen) atoms. The maximum absolute atomic E-state index is 11.7. The first-order valence-corrected chi connectivity index (χ1v) is 7.51. The van der Waals surface area contributed by atoms with E-state index in [2.05, 4.69) is 19.9 Å². The van der Waals surface area contributed by atoms with Gasteiger partial charge in [0.2, 0.25) is 10.0 Å². The number of nitrogens with one attached hydrogen (secondary N) is 2. The Morgan fingerprint density at radius 3 is 2.89 bits per heavy atom. The molecule has 3 N–H and O–H groups in total. The number of aromatic nitrogens is 3. The molecule has 2 aromatic rings. The Kier molecular flexibility index (Phi) is 3.93. The van der Waals surface area contributed by atoms with E-state index >= 15 is 0 Å². The molecule has 0 saturated heterocycles. The maximum atomic E-state index is 11.7. The number of carbonyl (C=O) groups is 1. The Hall–Kier alpha value is -1.78. The highest BCUT2D eigenvalue weighted by Crippen LogP contribution is 2.10. The van der Waals surface area contributed by atoms with Crippen LogP contribution in [0.3, 0.4) is 0 Å². The Bertz CT molecular complexity index is 662. The van der Waals surface area contributed by atoms with Gasteiger partial charge in [0.05, 0.1) is 11.2 Å². The van der Waals surface area contributed by atoms with Gasteiger partial charge in [0.1, 0.15) is 4.90 Å². The molecular formula is C9H10N4O4S2. The largest absolute Gasteiger partial charge is 0.476 e. The average molecular weight is 302 g/mol. The number of aromatic carboxylic acids is 1. The van der Waals surface area contributed by atoms with E-state index in [0.29, 0.717) is 11.4 Å². The molecule has 0 aliphatic carbocycles. The fourth-order valence-corrected chi connectivity index (χ4v) is 2.99. The minimum absolute atomic E-state index is 0.0299. The van der Waals surface area contributed by atoms with Gasteiger partial charge in [-0.1, -0.05) is 0 Å². The SMILES string of the molecule is O=C(O)c1csc(CCNS(=O)(=O)c2cn[nH]c2)n1. The fraction of sp³-hybridized carbons (Fsp3) is 0.222. The second kappa shape index (κ2) is 5.47. The van der Waals surface area contributed by atoms with Gasteiger partial charge in [-0.15, -0.1) is 11.3 Å². The highest BCUT2D eigenvalue weighted by Gasteiger charge is 2.15. The minimum Gasteiger partial charge on any atom is -0.476 e. The molecule has 0 aromatic carbocycles. The summed E-state index contributed by atoms with van der Waals surface area (Å²) in [4.78, 5) is 14.5. The summed E-state index contributed by atoms with van der Waals surface area (Å²) in [6.45, 7) is 0.139. The molecule has 2 heterocycles. The lowest BCUT2D eigenvalue weighted by Gasteiger charge is -2.02. The molecule has 0 amide bonds. The molecule has 0 aliphatic heterocycles. The third-order valence-electron chi connectivity index (χ3n) is 2.19. The number of thiazole rings is 1. The third-order valence-corrected chi connectivity index (χ3v) is 4.52. The van der Waals surface area contributed by atoms with E-state index in [1.807, 2.05) is 0 Å². The van der Waals surface area contributed by atoms with Gasteiger partial charge in [-0.25, -0.2) is 22.9 Å². The van der Waals surface area contributed by atoms with Crippen LogP contribution >= 0.6 is 11.3 Å². The average Bonchev–Trinajstić information content (AvgIpc) is 3.00. The van der Waals surface area contributed by atoms with Gasteiger partial charge in [0.25, 0.3) is 0 Å². The van der Waals surface area contributed by atoms with Crippen molar-refractivity contribution in [1.29, 1.82) is 0 Å². The van der Waals surface area contributed by atoms with Crippen molar-refractivity contribution >= 4 is 27.3 Å². The lowest BCUT2D eigenvalue weighted by Crippen LogP contribution is -2.25. The molecule has 0 radical (unpaired) electrons. The molecule has 0 unspecified atom stereocenters. The second-order valence-electron chi connectivity index (χ2n) is 3.51. The topological polar surface area (TPSA) is 125 Å². The molecule has 2 rings (SSSR count). The second-order valence-corrected chi connectivity index (χ2v) is 6.22. The van der Waals surface area contributed by atoms with Crippen LogP contribution in [0.2, 0.25) is 0 Å². The maximum Gasteiger partial charge on any atom is 0.355 e. The van der Waals surface area contributed by atoms with Crippen molar-refractivity contribution in [2.45, 2.75) is 11.3 Å². The van der Waals surface area contributed by atoms with Crippen molar-refractivity contribution in [3.8, 4) is 0 Å². The summed E-state index contributed by atoms with van der Waals surface area (Å²) in [6, 6.07) is 0. The van der Waals surface area contributed by atoms with Crippen LogP contribution in [0.25, 0.3) is 0 Å². The Balaban J connectivity index is 1.91. The van der Waals surface area contributed by atoms with Gasteiger partial charge >= 0.3 is 5.97 Å². The third kappa shape index (κ3) is 3.36. The quantitative estimate of drug-likeness (QED) is 0.694. The van der Waals surface area contributed by atoms with Gasteiger partial charge in [0, 0.05) is 24.5 Å². The highest BCUT2D eigenvalue weighted by atomic mass is 32.2. The first kappa shape index (κ1) is 13.6. The summed E-state index contributed by atoms with van der Waals surface area (Å²) in [7, 11) is -3.58. The van der Waals surface area contributed by atoms with E-state index in [9.17, 15) is 13.2 Å². The number of rotatable bonds is 6. The number of aromatic amines is 1. The highest BCUT2D eigenvalue weighted by molar-refractivity contribution is 7.89. The van der Waals surface area contributed by atoms with Crippen molar-refractivity contribution in [1.82, 2.24) is 19.9 Å². The minimum atomic E-state index is -3.58. The summed E-state index contributed by atoms with van der Waals surface area (Å²) in [5, 5.41) is 16.7. The van der Waals surface area contributed by atoms with Crippen molar-refractivity contribution < 1.29 is 18.3 Å². The van der Waals surface area contributed by atoms with Gasteiger partial charge in [0.15, 0.2) is 5.69 Å². The number of carboxylic acids is 1. The summed E-state index contributed by atoms with van der Waals surface area (Å²) in [6.07, 6.45) is 2.80. The van der Waals surface area contributed by atoms with Gasteiger partial charge < -0.3 is 5.11 Å². The Morgan fingerprint density at radius 2 is 2.32 bits per heavy atom. The fourth-order valence-electron chi connectivity index (χ4n) is 1.29. The summed E-state index contributed by atoms with van der Waals surface area (Å²) < 4.78 is 25.8. The smallest absolute Gasteiger partial charge is 0.355 e. The zero-order valence-corrected chi connectivity index (χ0v) is 11.2. The lowest BCUT2D eigenvalue weighted by atomic mass is 10.4. The van der Waals surface area contributed by atoms with E-state index in [0.717, 1.165) is 0 Å². The lowest BCUT2D eigenvalue weighted by molar-refractivity contribution is 0.0691. The molecule has 0 bridgehead atoms. The van der Waals surface area contributed by atoms with E-state index < -0.39 is 16.0 Å². The molecule has 2 aromatic heterocycles. The summed E-state index contributed by atoms with van der Waals surface area (Å²) in [5.74, 6) is -1.10. The first-order valence-electron chi connectivity index (χ1n) is 5.15. The van der Waals surface area contributed by atoms with E-state index in [1.165, 1.54) is 29.1 Å². The number of H-pyrrole nitrogens is 1. The predicted octanol–water partition coefficient (Wildman–Crippen LogP) is 0.0854. The molecule has 0 atom stereocenters. The molecule has 0 fully saturated rings. The van der Waals surface area contributed by atoms with Crippen molar-refractivity contribution in [3.05, 3.63) is 28.5 Å². The number of hydrogen-bond acceptors (Lipinski definition) is 6. The van der Waals surface area contributed by atoms with Crippen LogP contribution in [0.5, 0.6) is 0 Å². The summed E-state index contributed by atoms with van der Waals surface area (Å²) >= 11 is 1.18. The number of carboxylic acid groups (broad SMARTS) is 1. The first-order chi connectivity index (χ1) is 8.99. The van der Waals surface area contributed by atoms with Crippen LogP contribution in [0.15, 0.2) is 22.7 Å². The van der Waals surface area contributed by atoms with E-state index in [1.54, 1.807) is 0 Å². The molecule has 0 spiro atoms. The molecule has 0 aliphatic rings. The van der Waals surface area contributed by atoms with Gasteiger partial charge in [-0.3, -0.25) is 5.10 Å². The van der Waals surface area contributed by atoms with Gasteiger partial charge in [-0.05, 0) is 0 Å². The molecule has 10 heteroatoms. The van der Waals surface area contributed by atoms with Crippen molar-refractivity contribution in [3.63, 3.8) is 0 Å². The zero-order valence-electron chi connectivity index (χ0n) is 9.53. The molecule has 8 nitrogen and oxygen atoms in total. The van der Waals surface area contributed by atoms with Crippen molar-refractivity contribution in [2.75, 3.05) is 6.54 Å².